The van der Waals surface area contributed by atoms with Crippen molar-refractivity contribution in [1.29, 1.82) is 0 Å². The second-order valence-electron chi connectivity index (χ2n) is 7.30. The monoisotopic (exact) mass is 390 g/mol. The number of benzene rings is 2. The van der Waals surface area contributed by atoms with E-state index in [2.05, 4.69) is 41.1 Å². The Morgan fingerprint density at radius 1 is 1.12 bits per heavy atom. The molecule has 0 saturated heterocycles. The average Bonchev–Trinajstić information content (AvgIpc) is 2.87. The molecule has 0 bridgehead atoms. The molecular formula is C21H24Cl2N2O. The minimum absolute atomic E-state index is 0.0884. The molecule has 0 unspecified atom stereocenters. The predicted molar refractivity (Wildman–Crippen MR) is 110 cm³/mol. The SMILES string of the molecule is Cc1c(CNC(C)(C)CO)c2ccccc2n1Cc1ccc(Cl)cc1Cl. The first-order chi connectivity index (χ1) is 12.3. The first-order valence-electron chi connectivity index (χ1n) is 8.69. The molecule has 3 aromatic rings. The Kier molecular flexibility index (Phi) is 5.64. The fourth-order valence-electron chi connectivity index (χ4n) is 3.13. The maximum Gasteiger partial charge on any atom is 0.0607 e. The van der Waals surface area contributed by atoms with Gasteiger partial charge in [0.05, 0.1) is 6.61 Å². The third-order valence-corrected chi connectivity index (χ3v) is 5.43. The van der Waals surface area contributed by atoms with E-state index in [1.165, 1.54) is 22.2 Å². The highest BCUT2D eigenvalue weighted by atomic mass is 35.5. The molecule has 0 radical (unpaired) electrons. The van der Waals surface area contributed by atoms with Crippen LogP contribution in [0.5, 0.6) is 0 Å². The largest absolute Gasteiger partial charge is 0.394 e. The maximum atomic E-state index is 9.51. The Morgan fingerprint density at radius 3 is 2.54 bits per heavy atom. The van der Waals surface area contributed by atoms with E-state index in [0.717, 1.165) is 5.56 Å². The van der Waals surface area contributed by atoms with Crippen LogP contribution in [0.2, 0.25) is 10.0 Å². The number of nitrogens with one attached hydrogen (secondary N) is 1. The zero-order chi connectivity index (χ0) is 18.9. The molecule has 3 rings (SSSR count). The average molecular weight is 391 g/mol. The number of fused-ring (bicyclic) bond motifs is 1. The van der Waals surface area contributed by atoms with E-state index in [1.807, 2.05) is 26.0 Å². The van der Waals surface area contributed by atoms with Gasteiger partial charge in [0.15, 0.2) is 0 Å². The Balaban J connectivity index is 2.02. The van der Waals surface area contributed by atoms with E-state index in [1.54, 1.807) is 6.07 Å². The number of nitrogens with zero attached hydrogens (tertiary/aromatic N) is 1. The van der Waals surface area contributed by atoms with Crippen LogP contribution in [0.25, 0.3) is 10.9 Å². The first-order valence-corrected chi connectivity index (χ1v) is 9.44. The molecule has 0 saturated carbocycles. The number of hydrogen-bond acceptors (Lipinski definition) is 2. The Labute approximate surface area is 164 Å². The molecule has 5 heteroatoms. The number of para-hydroxylation sites is 1. The molecule has 0 aliphatic heterocycles. The van der Waals surface area contributed by atoms with Crippen LogP contribution in [0.4, 0.5) is 0 Å². The van der Waals surface area contributed by atoms with Gasteiger partial charge in [0.1, 0.15) is 0 Å². The van der Waals surface area contributed by atoms with Gasteiger partial charge in [-0.1, -0.05) is 47.5 Å². The van der Waals surface area contributed by atoms with Crippen LogP contribution in [0.15, 0.2) is 42.5 Å². The maximum absolute atomic E-state index is 9.51. The molecular weight excluding hydrogens is 367 g/mol. The molecule has 0 atom stereocenters. The third-order valence-electron chi connectivity index (χ3n) is 4.84. The summed E-state index contributed by atoms with van der Waals surface area (Å²) in [6.45, 7) is 7.59. The number of hydrogen-bond donors (Lipinski definition) is 2. The van der Waals surface area contributed by atoms with Gasteiger partial charge < -0.3 is 15.0 Å². The Morgan fingerprint density at radius 2 is 1.85 bits per heavy atom. The van der Waals surface area contributed by atoms with Crippen molar-refractivity contribution >= 4 is 34.1 Å². The van der Waals surface area contributed by atoms with Crippen molar-refractivity contribution in [1.82, 2.24) is 9.88 Å². The number of rotatable bonds is 6. The Hall–Kier alpha value is -1.52. The third kappa shape index (κ3) is 3.91. The lowest BCUT2D eigenvalue weighted by atomic mass is 10.1. The van der Waals surface area contributed by atoms with Crippen molar-refractivity contribution in [3.05, 3.63) is 69.3 Å². The van der Waals surface area contributed by atoms with Gasteiger partial charge in [-0.2, -0.15) is 0 Å². The number of halogens is 2. The highest BCUT2D eigenvalue weighted by molar-refractivity contribution is 6.35. The van der Waals surface area contributed by atoms with E-state index in [9.17, 15) is 5.11 Å². The molecule has 1 heterocycles. The van der Waals surface area contributed by atoms with E-state index >= 15 is 0 Å². The normalized spacial score (nSPS) is 12.1. The van der Waals surface area contributed by atoms with Gasteiger partial charge in [-0.15, -0.1) is 0 Å². The minimum atomic E-state index is -0.324. The second kappa shape index (κ2) is 7.61. The van der Waals surface area contributed by atoms with Crippen molar-refractivity contribution < 1.29 is 5.11 Å². The van der Waals surface area contributed by atoms with Crippen LogP contribution >= 0.6 is 23.2 Å². The molecule has 0 aliphatic carbocycles. The van der Waals surface area contributed by atoms with Crippen molar-refractivity contribution in [2.24, 2.45) is 0 Å². The zero-order valence-electron chi connectivity index (χ0n) is 15.3. The molecule has 26 heavy (non-hydrogen) atoms. The number of aliphatic hydroxyl groups is 1. The highest BCUT2D eigenvalue weighted by Crippen LogP contribution is 2.29. The topological polar surface area (TPSA) is 37.2 Å². The predicted octanol–water partition coefficient (Wildman–Crippen LogP) is 5.17. The van der Waals surface area contributed by atoms with Crippen molar-refractivity contribution in [3.8, 4) is 0 Å². The summed E-state index contributed by atoms with van der Waals surface area (Å²) in [5, 5.41) is 15.5. The number of aliphatic hydroxyl groups excluding tert-OH is 1. The quantitative estimate of drug-likeness (QED) is 0.609. The number of aromatic nitrogens is 1. The van der Waals surface area contributed by atoms with Gasteiger partial charge >= 0.3 is 0 Å². The van der Waals surface area contributed by atoms with E-state index in [4.69, 9.17) is 23.2 Å². The van der Waals surface area contributed by atoms with Gasteiger partial charge in [-0.05, 0) is 50.1 Å². The van der Waals surface area contributed by atoms with Crippen LogP contribution in [0, 0.1) is 6.92 Å². The fraction of sp³-hybridized carbons (Fsp3) is 0.333. The molecule has 0 fully saturated rings. The molecule has 3 nitrogen and oxygen atoms in total. The standard InChI is InChI=1S/C21H24Cl2N2O/c1-14-18(11-24-21(2,3)13-26)17-6-4-5-7-20(17)25(14)12-15-8-9-16(22)10-19(15)23/h4-10,24,26H,11-13H2,1-3H3. The highest BCUT2D eigenvalue weighted by Gasteiger charge is 2.19. The molecule has 138 valence electrons. The Bertz CT molecular complexity index is 931. The molecule has 0 amide bonds. The van der Waals surface area contributed by atoms with Gasteiger partial charge in [-0.25, -0.2) is 0 Å². The van der Waals surface area contributed by atoms with Crippen LogP contribution in [0.3, 0.4) is 0 Å². The lowest BCUT2D eigenvalue weighted by Gasteiger charge is -2.23. The van der Waals surface area contributed by atoms with Gasteiger partial charge in [0, 0.05) is 45.3 Å². The van der Waals surface area contributed by atoms with E-state index in [0.29, 0.717) is 23.1 Å². The lowest BCUT2D eigenvalue weighted by molar-refractivity contribution is 0.187. The van der Waals surface area contributed by atoms with Crippen LogP contribution in [-0.4, -0.2) is 21.8 Å². The summed E-state index contributed by atoms with van der Waals surface area (Å²) >= 11 is 12.4. The summed E-state index contributed by atoms with van der Waals surface area (Å²) in [7, 11) is 0. The first kappa shape index (κ1) is 19.2. The molecule has 0 aliphatic rings. The molecule has 1 aromatic heterocycles. The molecule has 2 aromatic carbocycles. The van der Waals surface area contributed by atoms with Gasteiger partial charge in [-0.3, -0.25) is 0 Å². The summed E-state index contributed by atoms with van der Waals surface area (Å²) in [5.41, 5.74) is 4.32. The summed E-state index contributed by atoms with van der Waals surface area (Å²) in [4.78, 5) is 0. The van der Waals surface area contributed by atoms with Gasteiger partial charge in [0.2, 0.25) is 0 Å². The van der Waals surface area contributed by atoms with Crippen LogP contribution in [0.1, 0.15) is 30.7 Å². The smallest absolute Gasteiger partial charge is 0.0607 e. The zero-order valence-corrected chi connectivity index (χ0v) is 16.8. The van der Waals surface area contributed by atoms with Crippen LogP contribution < -0.4 is 5.32 Å². The summed E-state index contributed by atoms with van der Waals surface area (Å²) in [6, 6.07) is 14.0. The summed E-state index contributed by atoms with van der Waals surface area (Å²) in [6.07, 6.45) is 0. The van der Waals surface area contributed by atoms with E-state index < -0.39 is 0 Å². The summed E-state index contributed by atoms with van der Waals surface area (Å²) < 4.78 is 2.29. The lowest BCUT2D eigenvalue weighted by Crippen LogP contribution is -2.42. The van der Waals surface area contributed by atoms with E-state index in [-0.39, 0.29) is 12.1 Å². The fourth-order valence-corrected chi connectivity index (χ4v) is 3.60. The summed E-state index contributed by atoms with van der Waals surface area (Å²) in [5.74, 6) is 0. The van der Waals surface area contributed by atoms with Crippen molar-refractivity contribution in [3.63, 3.8) is 0 Å². The van der Waals surface area contributed by atoms with Crippen LogP contribution in [-0.2, 0) is 13.1 Å². The second-order valence-corrected chi connectivity index (χ2v) is 8.14. The van der Waals surface area contributed by atoms with Gasteiger partial charge in [0.25, 0.3) is 0 Å². The molecule has 2 N–H and O–H groups in total. The molecule has 0 spiro atoms. The minimum Gasteiger partial charge on any atom is -0.394 e. The van der Waals surface area contributed by atoms with Crippen molar-refractivity contribution in [2.45, 2.75) is 39.4 Å². The van der Waals surface area contributed by atoms with Crippen molar-refractivity contribution in [2.75, 3.05) is 6.61 Å².